The zero-order chi connectivity index (χ0) is 25.7. The number of benzene rings is 4. The third kappa shape index (κ3) is 5.20. The van der Waals surface area contributed by atoms with E-state index in [2.05, 4.69) is 0 Å². The van der Waals surface area contributed by atoms with E-state index in [1.165, 1.54) is 0 Å². The number of likely N-dealkylation sites (N-methyl/N-ethyl adjacent to an activating group) is 2. The summed E-state index contributed by atoms with van der Waals surface area (Å²) in [6.07, 6.45) is 0. The van der Waals surface area contributed by atoms with Gasteiger partial charge < -0.3 is 9.80 Å². The van der Waals surface area contributed by atoms with Crippen molar-refractivity contribution in [3.63, 3.8) is 0 Å². The number of ketones is 2. The summed E-state index contributed by atoms with van der Waals surface area (Å²) >= 11 is 12.9. The Bertz CT molecular complexity index is 1310. The zero-order valence-electron chi connectivity index (χ0n) is 19.9. The first-order valence-corrected chi connectivity index (χ1v) is 12.1. The molecule has 0 bridgehead atoms. The maximum Gasteiger partial charge on any atom is 0.213 e. The molecule has 4 aromatic rings. The van der Waals surface area contributed by atoms with Crippen molar-refractivity contribution in [2.24, 2.45) is 0 Å². The van der Waals surface area contributed by atoms with Crippen LogP contribution in [-0.4, -0.2) is 25.7 Å². The Morgan fingerprint density at radius 1 is 0.500 bits per heavy atom. The van der Waals surface area contributed by atoms with Crippen molar-refractivity contribution >= 4 is 46.1 Å². The summed E-state index contributed by atoms with van der Waals surface area (Å²) in [5.74, 6) is -0.768. The molecule has 180 valence electrons. The van der Waals surface area contributed by atoms with Crippen LogP contribution in [0.1, 0.15) is 20.7 Å². The van der Waals surface area contributed by atoms with Gasteiger partial charge in [-0.1, -0.05) is 83.9 Å². The lowest BCUT2D eigenvalue weighted by Gasteiger charge is -2.30. The Labute approximate surface area is 221 Å². The van der Waals surface area contributed by atoms with Gasteiger partial charge in [0.05, 0.1) is 10.0 Å². The number of carbonyl (C=O) groups is 2. The Balaban J connectivity index is 2.04. The van der Waals surface area contributed by atoms with Gasteiger partial charge in [-0.25, -0.2) is 0 Å². The summed E-state index contributed by atoms with van der Waals surface area (Å²) in [5, 5.41) is 0.599. The van der Waals surface area contributed by atoms with Crippen LogP contribution in [0.15, 0.2) is 121 Å². The Kier molecular flexibility index (Phi) is 7.89. The molecule has 0 unspecified atom stereocenters. The van der Waals surface area contributed by atoms with E-state index in [-0.39, 0.29) is 23.0 Å². The SMILES string of the molecule is CN(/C(C(=O)c1ccccc1Cl)=C(/C(=O)c1ccccc1Cl)N(C)c1ccccc1)c1ccccc1. The summed E-state index contributed by atoms with van der Waals surface area (Å²) in [6, 6.07) is 32.4. The number of hydrogen-bond donors (Lipinski definition) is 0. The van der Waals surface area contributed by atoms with Crippen molar-refractivity contribution in [1.82, 2.24) is 0 Å². The first-order chi connectivity index (χ1) is 17.4. The van der Waals surface area contributed by atoms with Gasteiger partial charge >= 0.3 is 0 Å². The summed E-state index contributed by atoms with van der Waals surface area (Å²) in [6.45, 7) is 0. The van der Waals surface area contributed by atoms with Crippen LogP contribution in [0, 0.1) is 0 Å². The van der Waals surface area contributed by atoms with Crippen molar-refractivity contribution < 1.29 is 9.59 Å². The molecule has 0 amide bonds. The highest BCUT2D eigenvalue weighted by atomic mass is 35.5. The fourth-order valence-electron chi connectivity index (χ4n) is 3.94. The second kappa shape index (κ2) is 11.3. The van der Waals surface area contributed by atoms with Gasteiger partial charge in [0.2, 0.25) is 11.6 Å². The standard InChI is InChI=1S/C30H24Cl2N2O2/c1-33(21-13-5-3-6-14-21)27(29(35)23-17-9-11-19-25(23)31)28(34(2)22-15-7-4-8-16-22)30(36)24-18-10-12-20-26(24)32/h3-20H,1-2H3/b28-27-. The number of halogens is 2. The predicted octanol–water partition coefficient (Wildman–Crippen LogP) is 7.54. The first-order valence-electron chi connectivity index (χ1n) is 11.3. The monoisotopic (exact) mass is 514 g/mol. The topological polar surface area (TPSA) is 40.6 Å². The van der Waals surface area contributed by atoms with Gasteiger partial charge in [0.1, 0.15) is 11.4 Å². The molecule has 6 heteroatoms. The minimum absolute atomic E-state index is 0.172. The van der Waals surface area contributed by atoms with E-state index in [0.29, 0.717) is 21.2 Å². The van der Waals surface area contributed by atoms with Gasteiger partial charge in [0.25, 0.3) is 0 Å². The lowest BCUT2D eigenvalue weighted by atomic mass is 9.99. The van der Waals surface area contributed by atoms with Crippen LogP contribution in [0.4, 0.5) is 11.4 Å². The maximum absolute atomic E-state index is 14.2. The average molecular weight is 515 g/mol. The van der Waals surface area contributed by atoms with Crippen LogP contribution in [0.2, 0.25) is 10.0 Å². The molecule has 0 aliphatic rings. The molecule has 0 spiro atoms. The van der Waals surface area contributed by atoms with Gasteiger partial charge in [-0.3, -0.25) is 9.59 Å². The van der Waals surface area contributed by atoms with Crippen LogP contribution in [0.3, 0.4) is 0 Å². The molecular weight excluding hydrogens is 491 g/mol. The predicted molar refractivity (Wildman–Crippen MR) is 148 cm³/mol. The average Bonchev–Trinajstić information content (AvgIpc) is 2.92. The van der Waals surface area contributed by atoms with Crippen LogP contribution in [0.5, 0.6) is 0 Å². The summed E-state index contributed by atoms with van der Waals surface area (Å²) in [7, 11) is 3.52. The zero-order valence-corrected chi connectivity index (χ0v) is 21.4. The third-order valence-corrected chi connectivity index (χ3v) is 6.51. The number of carbonyl (C=O) groups excluding carboxylic acids is 2. The normalized spacial score (nSPS) is 11.4. The molecule has 36 heavy (non-hydrogen) atoms. The number of rotatable bonds is 8. The van der Waals surface area contributed by atoms with E-state index in [1.807, 2.05) is 60.7 Å². The summed E-state index contributed by atoms with van der Waals surface area (Å²) in [4.78, 5) is 31.8. The molecule has 4 aromatic carbocycles. The van der Waals surface area contributed by atoms with E-state index in [1.54, 1.807) is 72.4 Å². The molecule has 0 heterocycles. The number of anilines is 2. The van der Waals surface area contributed by atoms with E-state index in [0.717, 1.165) is 11.4 Å². The Morgan fingerprint density at radius 3 is 1.14 bits per heavy atom. The Hall–Kier alpha value is -3.86. The highest BCUT2D eigenvalue weighted by Gasteiger charge is 2.31. The van der Waals surface area contributed by atoms with Crippen LogP contribution < -0.4 is 9.80 Å². The number of nitrogens with zero attached hydrogens (tertiary/aromatic N) is 2. The molecular formula is C30H24Cl2N2O2. The van der Waals surface area contributed by atoms with Gasteiger partial charge in [0, 0.05) is 36.6 Å². The molecule has 0 aliphatic carbocycles. The maximum atomic E-state index is 14.2. The van der Waals surface area contributed by atoms with Crippen molar-refractivity contribution in [3.8, 4) is 0 Å². The first kappa shape index (κ1) is 25.2. The molecule has 0 fully saturated rings. The van der Waals surface area contributed by atoms with Crippen molar-refractivity contribution in [3.05, 3.63) is 142 Å². The van der Waals surface area contributed by atoms with E-state index in [4.69, 9.17) is 23.2 Å². The van der Waals surface area contributed by atoms with Crippen LogP contribution in [0.25, 0.3) is 0 Å². The number of para-hydroxylation sites is 2. The van der Waals surface area contributed by atoms with Crippen molar-refractivity contribution in [1.29, 1.82) is 0 Å². The molecule has 4 nitrogen and oxygen atoms in total. The van der Waals surface area contributed by atoms with Gasteiger partial charge in [-0.05, 0) is 48.5 Å². The number of hydrogen-bond acceptors (Lipinski definition) is 4. The molecule has 0 radical (unpaired) electrons. The quantitative estimate of drug-likeness (QED) is 0.180. The lowest BCUT2D eigenvalue weighted by Crippen LogP contribution is -2.34. The van der Waals surface area contributed by atoms with Crippen LogP contribution >= 0.6 is 23.2 Å². The van der Waals surface area contributed by atoms with Gasteiger partial charge in [0.15, 0.2) is 0 Å². The molecule has 4 rings (SSSR count). The largest absolute Gasteiger partial charge is 0.340 e. The summed E-state index contributed by atoms with van der Waals surface area (Å²) in [5.41, 5.74) is 2.40. The van der Waals surface area contributed by atoms with Crippen molar-refractivity contribution in [2.45, 2.75) is 0 Å². The van der Waals surface area contributed by atoms with Gasteiger partial charge in [-0.2, -0.15) is 0 Å². The minimum Gasteiger partial charge on any atom is -0.340 e. The molecule has 0 saturated carbocycles. The number of Topliss-reactive ketones (excluding diaryl/α,β-unsaturated/α-hetero) is 2. The molecule has 0 saturated heterocycles. The minimum atomic E-state index is -0.384. The second-order valence-electron chi connectivity index (χ2n) is 8.10. The van der Waals surface area contributed by atoms with E-state index >= 15 is 0 Å². The fraction of sp³-hybridized carbons (Fsp3) is 0.0667. The third-order valence-electron chi connectivity index (χ3n) is 5.85. The lowest BCUT2D eigenvalue weighted by molar-refractivity contribution is 0.0995. The van der Waals surface area contributed by atoms with Crippen molar-refractivity contribution in [2.75, 3.05) is 23.9 Å². The van der Waals surface area contributed by atoms with E-state index < -0.39 is 0 Å². The summed E-state index contributed by atoms with van der Waals surface area (Å²) < 4.78 is 0. The van der Waals surface area contributed by atoms with E-state index in [9.17, 15) is 9.59 Å². The second-order valence-corrected chi connectivity index (χ2v) is 8.92. The van der Waals surface area contributed by atoms with Gasteiger partial charge in [-0.15, -0.1) is 0 Å². The molecule has 0 aliphatic heterocycles. The smallest absolute Gasteiger partial charge is 0.213 e. The van der Waals surface area contributed by atoms with Crippen LogP contribution in [-0.2, 0) is 0 Å². The molecule has 0 atom stereocenters. The highest BCUT2D eigenvalue weighted by molar-refractivity contribution is 6.37. The highest BCUT2D eigenvalue weighted by Crippen LogP contribution is 2.32. The molecule has 0 aromatic heterocycles. The Morgan fingerprint density at radius 2 is 0.806 bits per heavy atom. The molecule has 0 N–H and O–H groups in total. The fourth-order valence-corrected chi connectivity index (χ4v) is 4.39. The number of allylic oxidation sites excluding steroid dienone is 2.